The van der Waals surface area contributed by atoms with E-state index < -0.39 is 23.6 Å². The minimum absolute atomic E-state index is 0.271. The maximum atomic E-state index is 13.6. The monoisotopic (exact) mass is 291 g/mol. The van der Waals surface area contributed by atoms with Crippen molar-refractivity contribution in [3.8, 4) is 0 Å². The number of hydrogen-bond acceptors (Lipinski definition) is 2. The van der Waals surface area contributed by atoms with Crippen molar-refractivity contribution in [3.05, 3.63) is 64.7 Å². The van der Waals surface area contributed by atoms with Crippen LogP contribution in [0.25, 0.3) is 0 Å². The summed E-state index contributed by atoms with van der Waals surface area (Å²) in [7, 11) is 0. The molecule has 0 aliphatic heterocycles. The van der Waals surface area contributed by atoms with Crippen LogP contribution >= 0.6 is 0 Å². The molecule has 0 aliphatic carbocycles. The molecule has 2 aromatic carbocycles. The molecule has 21 heavy (non-hydrogen) atoms. The number of nitrogens with one attached hydrogen (secondary N) is 1. The predicted molar refractivity (Wildman–Crippen MR) is 76.3 cm³/mol. The molecule has 2 rings (SSSR count). The summed E-state index contributed by atoms with van der Waals surface area (Å²) in [5.74, 6) is -2.10. The summed E-state index contributed by atoms with van der Waals surface area (Å²) < 4.78 is 26.9. The van der Waals surface area contributed by atoms with Crippen LogP contribution in [0.1, 0.15) is 22.7 Å². The first-order valence-corrected chi connectivity index (χ1v) is 6.39. The highest BCUT2D eigenvalue weighted by atomic mass is 19.1. The first-order chi connectivity index (χ1) is 9.86. The fourth-order valence-electron chi connectivity index (χ4n) is 2.06. The van der Waals surface area contributed by atoms with Crippen LogP contribution in [-0.2, 0) is 4.79 Å². The van der Waals surface area contributed by atoms with Gasteiger partial charge >= 0.3 is 5.97 Å². The lowest BCUT2D eigenvalue weighted by molar-refractivity contribution is -0.138. The fraction of sp³-hybridized carbons (Fsp3) is 0.188. The number of rotatable bonds is 4. The molecule has 0 fully saturated rings. The quantitative estimate of drug-likeness (QED) is 0.900. The highest BCUT2D eigenvalue weighted by molar-refractivity contribution is 5.79. The third kappa shape index (κ3) is 3.56. The van der Waals surface area contributed by atoms with Gasteiger partial charge in [0.05, 0.1) is 0 Å². The summed E-state index contributed by atoms with van der Waals surface area (Å²) in [5.41, 5.74) is 1.70. The van der Waals surface area contributed by atoms with Crippen LogP contribution in [0, 0.1) is 25.5 Å². The molecule has 2 N–H and O–H groups in total. The molecular weight excluding hydrogens is 276 g/mol. The molecule has 0 aliphatic rings. The first kappa shape index (κ1) is 15.0. The number of halogens is 2. The van der Waals surface area contributed by atoms with Crippen LogP contribution in [0.15, 0.2) is 36.4 Å². The van der Waals surface area contributed by atoms with Crippen LogP contribution in [0.4, 0.5) is 14.5 Å². The molecule has 3 nitrogen and oxygen atoms in total. The Hall–Kier alpha value is -2.43. The molecule has 110 valence electrons. The Bertz CT molecular complexity index is 666. The van der Waals surface area contributed by atoms with Crippen molar-refractivity contribution in [3.63, 3.8) is 0 Å². The Kier molecular flexibility index (Phi) is 4.21. The van der Waals surface area contributed by atoms with Crippen LogP contribution in [0.3, 0.4) is 0 Å². The number of carboxylic acids is 1. The third-order valence-electron chi connectivity index (χ3n) is 3.13. The van der Waals surface area contributed by atoms with Gasteiger partial charge in [-0.15, -0.1) is 0 Å². The molecule has 1 atom stereocenters. The zero-order chi connectivity index (χ0) is 15.6. The van der Waals surface area contributed by atoms with E-state index in [4.69, 9.17) is 0 Å². The lowest BCUT2D eigenvalue weighted by Crippen LogP contribution is -2.20. The number of hydrogen-bond donors (Lipinski definition) is 2. The van der Waals surface area contributed by atoms with Crippen molar-refractivity contribution in [2.45, 2.75) is 19.9 Å². The van der Waals surface area contributed by atoms with E-state index in [-0.39, 0.29) is 5.56 Å². The van der Waals surface area contributed by atoms with Crippen molar-refractivity contribution < 1.29 is 18.7 Å². The van der Waals surface area contributed by atoms with E-state index in [1.54, 1.807) is 19.9 Å². The molecule has 1 unspecified atom stereocenters. The Labute approximate surface area is 121 Å². The summed E-state index contributed by atoms with van der Waals surface area (Å²) in [6, 6.07) is 7.24. The van der Waals surface area contributed by atoms with E-state index in [0.717, 1.165) is 0 Å². The van der Waals surface area contributed by atoms with Gasteiger partial charge in [-0.3, -0.25) is 0 Å². The maximum Gasteiger partial charge on any atom is 0.330 e. The molecular formula is C16H15F2NO2. The molecule has 0 amide bonds. The summed E-state index contributed by atoms with van der Waals surface area (Å²) in [4.78, 5) is 11.4. The normalized spacial score (nSPS) is 12.0. The zero-order valence-electron chi connectivity index (χ0n) is 11.7. The lowest BCUT2D eigenvalue weighted by Gasteiger charge is -2.17. The number of benzene rings is 2. The highest BCUT2D eigenvalue weighted by Crippen LogP contribution is 2.23. The van der Waals surface area contributed by atoms with E-state index in [0.29, 0.717) is 16.8 Å². The van der Waals surface area contributed by atoms with E-state index in [1.807, 2.05) is 0 Å². The van der Waals surface area contributed by atoms with E-state index in [1.165, 1.54) is 30.3 Å². The Morgan fingerprint density at radius 2 is 1.86 bits per heavy atom. The predicted octanol–water partition coefficient (Wildman–Crippen LogP) is 3.82. The topological polar surface area (TPSA) is 49.3 Å². The number of carbonyl (C=O) groups is 1. The van der Waals surface area contributed by atoms with Gasteiger partial charge in [-0.2, -0.15) is 0 Å². The molecule has 5 heteroatoms. The second-order valence-corrected chi connectivity index (χ2v) is 4.94. The number of aryl methyl sites for hydroxylation is 2. The average Bonchev–Trinajstić information content (AvgIpc) is 2.38. The molecule has 0 aromatic heterocycles. The van der Waals surface area contributed by atoms with Crippen molar-refractivity contribution in [2.24, 2.45) is 0 Å². The summed E-state index contributed by atoms with van der Waals surface area (Å²) >= 11 is 0. The van der Waals surface area contributed by atoms with Crippen LogP contribution in [0.2, 0.25) is 0 Å². The van der Waals surface area contributed by atoms with E-state index >= 15 is 0 Å². The molecule has 2 aromatic rings. The Morgan fingerprint density at radius 3 is 2.43 bits per heavy atom. The van der Waals surface area contributed by atoms with E-state index in [2.05, 4.69) is 5.32 Å². The summed E-state index contributed by atoms with van der Waals surface area (Å²) in [6.45, 7) is 3.30. The largest absolute Gasteiger partial charge is 0.479 e. The number of anilines is 1. The smallest absolute Gasteiger partial charge is 0.330 e. The third-order valence-corrected chi connectivity index (χ3v) is 3.13. The van der Waals surface area contributed by atoms with Gasteiger partial charge in [0.1, 0.15) is 11.6 Å². The SMILES string of the molecule is Cc1cc(F)cc(NC(C(=O)O)c2ccc(C)c(F)c2)c1. The van der Waals surface area contributed by atoms with Gasteiger partial charge in [0.15, 0.2) is 6.04 Å². The van der Waals surface area contributed by atoms with Crippen LogP contribution < -0.4 is 5.32 Å². The maximum absolute atomic E-state index is 13.6. The van der Waals surface area contributed by atoms with Crippen LogP contribution in [0.5, 0.6) is 0 Å². The molecule has 0 bridgehead atoms. The average molecular weight is 291 g/mol. The van der Waals surface area contributed by atoms with Gasteiger partial charge < -0.3 is 10.4 Å². The number of carboxylic acid groups (broad SMARTS) is 1. The van der Waals surface area contributed by atoms with E-state index in [9.17, 15) is 18.7 Å². The van der Waals surface area contributed by atoms with Gasteiger partial charge in [-0.05, 0) is 54.8 Å². The summed E-state index contributed by atoms with van der Waals surface area (Å²) in [6.07, 6.45) is 0. The molecule has 0 saturated carbocycles. The standard InChI is InChI=1S/C16H15F2NO2/c1-9-5-12(17)8-13(6-9)19-15(16(20)21)11-4-3-10(2)14(18)7-11/h3-8,15,19H,1-2H3,(H,20,21). The second kappa shape index (κ2) is 5.91. The van der Waals surface area contributed by atoms with Gasteiger partial charge in [-0.25, -0.2) is 13.6 Å². The summed E-state index contributed by atoms with van der Waals surface area (Å²) in [5, 5.41) is 12.0. The fourth-order valence-corrected chi connectivity index (χ4v) is 2.06. The van der Waals surface area contributed by atoms with Crippen molar-refractivity contribution in [1.29, 1.82) is 0 Å². The van der Waals surface area contributed by atoms with Crippen molar-refractivity contribution >= 4 is 11.7 Å². The first-order valence-electron chi connectivity index (χ1n) is 6.39. The second-order valence-electron chi connectivity index (χ2n) is 4.94. The Balaban J connectivity index is 2.35. The van der Waals surface area contributed by atoms with Crippen molar-refractivity contribution in [1.82, 2.24) is 0 Å². The molecule has 0 heterocycles. The lowest BCUT2D eigenvalue weighted by atomic mass is 10.0. The van der Waals surface area contributed by atoms with Crippen LogP contribution in [-0.4, -0.2) is 11.1 Å². The van der Waals surface area contributed by atoms with Gasteiger partial charge in [0.2, 0.25) is 0 Å². The van der Waals surface area contributed by atoms with Gasteiger partial charge in [-0.1, -0.05) is 12.1 Å². The zero-order valence-corrected chi connectivity index (χ0v) is 11.7. The molecule has 0 saturated heterocycles. The highest BCUT2D eigenvalue weighted by Gasteiger charge is 2.21. The Morgan fingerprint density at radius 1 is 1.14 bits per heavy atom. The minimum Gasteiger partial charge on any atom is -0.479 e. The van der Waals surface area contributed by atoms with Crippen molar-refractivity contribution in [2.75, 3.05) is 5.32 Å². The molecule has 0 radical (unpaired) electrons. The van der Waals surface area contributed by atoms with Gasteiger partial charge in [0.25, 0.3) is 0 Å². The number of aliphatic carboxylic acids is 1. The minimum atomic E-state index is -1.17. The molecule has 0 spiro atoms. The van der Waals surface area contributed by atoms with Gasteiger partial charge in [0, 0.05) is 5.69 Å².